The van der Waals surface area contributed by atoms with Crippen LogP contribution < -0.4 is 5.32 Å². The van der Waals surface area contributed by atoms with E-state index in [-0.39, 0.29) is 18.0 Å². The van der Waals surface area contributed by atoms with E-state index < -0.39 is 0 Å². The van der Waals surface area contributed by atoms with E-state index in [1.807, 2.05) is 6.92 Å². The van der Waals surface area contributed by atoms with Crippen LogP contribution in [0, 0.1) is 5.82 Å². The molecule has 1 unspecified atom stereocenters. The summed E-state index contributed by atoms with van der Waals surface area (Å²) in [5, 5.41) is 12.9. The molecule has 2 N–H and O–H groups in total. The number of nitrogens with zero attached hydrogens (tertiary/aromatic N) is 1. The van der Waals surface area contributed by atoms with Crippen molar-refractivity contribution in [2.45, 2.75) is 50.8 Å². The van der Waals surface area contributed by atoms with Crippen LogP contribution in [0.25, 0.3) is 0 Å². The molecule has 1 heterocycles. The van der Waals surface area contributed by atoms with Crippen LogP contribution in [0.3, 0.4) is 0 Å². The van der Waals surface area contributed by atoms with Gasteiger partial charge in [-0.1, -0.05) is 0 Å². The largest absolute Gasteiger partial charge is 0.393 e. The van der Waals surface area contributed by atoms with Crippen molar-refractivity contribution in [1.29, 1.82) is 0 Å². The molecular weight excluding hydrogens is 219 g/mol. The first-order valence-electron chi connectivity index (χ1n) is 6.20. The molecule has 0 saturated heterocycles. The van der Waals surface area contributed by atoms with E-state index in [9.17, 15) is 9.50 Å². The highest BCUT2D eigenvalue weighted by Gasteiger charge is 2.21. The second-order valence-corrected chi connectivity index (χ2v) is 4.80. The molecular formula is C13H19FN2O. The zero-order chi connectivity index (χ0) is 12.3. The predicted octanol–water partition coefficient (Wildman–Crippen LogP) is 2.17. The topological polar surface area (TPSA) is 45.1 Å². The number of aliphatic hydroxyl groups excluding tert-OH is 1. The number of hydrogen-bond donors (Lipinski definition) is 2. The van der Waals surface area contributed by atoms with Gasteiger partial charge in [0, 0.05) is 12.1 Å². The third-order valence-corrected chi connectivity index (χ3v) is 3.38. The lowest BCUT2D eigenvalue weighted by atomic mass is 9.92. The van der Waals surface area contributed by atoms with Gasteiger partial charge in [-0.15, -0.1) is 0 Å². The maximum atomic E-state index is 12.7. The van der Waals surface area contributed by atoms with Gasteiger partial charge in [-0.25, -0.2) is 4.39 Å². The van der Waals surface area contributed by atoms with Crippen molar-refractivity contribution in [2.75, 3.05) is 0 Å². The second-order valence-electron chi connectivity index (χ2n) is 4.80. The van der Waals surface area contributed by atoms with Gasteiger partial charge in [0.1, 0.15) is 5.82 Å². The third-order valence-electron chi connectivity index (χ3n) is 3.38. The van der Waals surface area contributed by atoms with Gasteiger partial charge in [0.2, 0.25) is 0 Å². The minimum atomic E-state index is -0.304. The Kier molecular flexibility index (Phi) is 4.07. The van der Waals surface area contributed by atoms with E-state index in [4.69, 9.17) is 0 Å². The Balaban J connectivity index is 1.88. The second kappa shape index (κ2) is 5.56. The lowest BCUT2D eigenvalue weighted by Gasteiger charge is -2.28. The molecule has 0 amide bonds. The highest BCUT2D eigenvalue weighted by Crippen LogP contribution is 2.21. The fourth-order valence-corrected chi connectivity index (χ4v) is 2.32. The molecule has 0 bridgehead atoms. The zero-order valence-corrected chi connectivity index (χ0v) is 10.1. The first kappa shape index (κ1) is 12.5. The van der Waals surface area contributed by atoms with Crippen LogP contribution in [-0.4, -0.2) is 22.2 Å². The minimum absolute atomic E-state index is 0.121. The SMILES string of the molecule is CC(NC1CCC(O)CC1)c1ccc(F)cn1. The number of aromatic nitrogens is 1. The third kappa shape index (κ3) is 3.48. The average Bonchev–Trinajstić information content (AvgIpc) is 2.33. The summed E-state index contributed by atoms with van der Waals surface area (Å²) in [4.78, 5) is 4.07. The molecule has 0 radical (unpaired) electrons. The summed E-state index contributed by atoms with van der Waals surface area (Å²) in [5.74, 6) is -0.304. The lowest BCUT2D eigenvalue weighted by Crippen LogP contribution is -2.36. The average molecular weight is 238 g/mol. The van der Waals surface area contributed by atoms with Gasteiger partial charge in [-0.3, -0.25) is 4.98 Å². The van der Waals surface area contributed by atoms with Gasteiger partial charge in [0.25, 0.3) is 0 Å². The van der Waals surface area contributed by atoms with Gasteiger partial charge >= 0.3 is 0 Å². The molecule has 1 aromatic heterocycles. The van der Waals surface area contributed by atoms with Gasteiger partial charge in [0.05, 0.1) is 18.0 Å². The van der Waals surface area contributed by atoms with Gasteiger partial charge in [-0.05, 0) is 44.7 Å². The highest BCUT2D eigenvalue weighted by molar-refractivity contribution is 5.09. The maximum Gasteiger partial charge on any atom is 0.141 e. The monoisotopic (exact) mass is 238 g/mol. The number of pyridine rings is 1. The Morgan fingerprint density at radius 3 is 2.65 bits per heavy atom. The molecule has 1 saturated carbocycles. The van der Waals surface area contributed by atoms with Crippen molar-refractivity contribution >= 4 is 0 Å². The summed E-state index contributed by atoms with van der Waals surface area (Å²) in [5.41, 5.74) is 0.859. The van der Waals surface area contributed by atoms with Crippen molar-refractivity contribution in [3.05, 3.63) is 29.8 Å². The number of rotatable bonds is 3. The molecule has 1 atom stereocenters. The van der Waals surface area contributed by atoms with Crippen LogP contribution in [0.4, 0.5) is 4.39 Å². The minimum Gasteiger partial charge on any atom is -0.393 e. The number of aliphatic hydroxyl groups is 1. The van der Waals surface area contributed by atoms with Gasteiger partial charge < -0.3 is 10.4 Å². The van der Waals surface area contributed by atoms with Crippen LogP contribution in [0.1, 0.15) is 44.3 Å². The summed E-state index contributed by atoms with van der Waals surface area (Å²) in [6.07, 6.45) is 4.83. The first-order chi connectivity index (χ1) is 8.15. The van der Waals surface area contributed by atoms with E-state index in [2.05, 4.69) is 10.3 Å². The molecule has 2 rings (SSSR count). The van der Waals surface area contributed by atoms with E-state index in [1.54, 1.807) is 6.07 Å². The van der Waals surface area contributed by atoms with Crippen molar-refractivity contribution in [3.63, 3.8) is 0 Å². The maximum absolute atomic E-state index is 12.7. The summed E-state index contributed by atoms with van der Waals surface area (Å²) >= 11 is 0. The highest BCUT2D eigenvalue weighted by atomic mass is 19.1. The van der Waals surface area contributed by atoms with Crippen molar-refractivity contribution in [1.82, 2.24) is 10.3 Å². The van der Waals surface area contributed by atoms with Crippen LogP contribution in [-0.2, 0) is 0 Å². The Morgan fingerprint density at radius 1 is 1.35 bits per heavy atom. The summed E-state index contributed by atoms with van der Waals surface area (Å²) in [7, 11) is 0. The van der Waals surface area contributed by atoms with Crippen LogP contribution in [0.5, 0.6) is 0 Å². The molecule has 0 spiro atoms. The quantitative estimate of drug-likeness (QED) is 0.848. The Bertz CT molecular complexity index is 347. The number of nitrogens with one attached hydrogen (secondary N) is 1. The number of halogens is 1. The molecule has 1 aliphatic carbocycles. The molecule has 1 aliphatic rings. The molecule has 1 aromatic rings. The fraction of sp³-hybridized carbons (Fsp3) is 0.615. The van der Waals surface area contributed by atoms with Crippen molar-refractivity contribution < 1.29 is 9.50 Å². The molecule has 0 aliphatic heterocycles. The smallest absolute Gasteiger partial charge is 0.141 e. The molecule has 17 heavy (non-hydrogen) atoms. The van der Waals surface area contributed by atoms with E-state index in [1.165, 1.54) is 12.3 Å². The lowest BCUT2D eigenvalue weighted by molar-refractivity contribution is 0.114. The predicted molar refractivity (Wildman–Crippen MR) is 64.0 cm³/mol. The zero-order valence-electron chi connectivity index (χ0n) is 10.1. The van der Waals surface area contributed by atoms with Gasteiger partial charge in [-0.2, -0.15) is 0 Å². The van der Waals surface area contributed by atoms with Crippen LogP contribution >= 0.6 is 0 Å². The normalized spacial score (nSPS) is 26.8. The summed E-state index contributed by atoms with van der Waals surface area (Å²) in [6.45, 7) is 2.03. The van der Waals surface area contributed by atoms with Crippen LogP contribution in [0.2, 0.25) is 0 Å². The van der Waals surface area contributed by atoms with E-state index in [0.29, 0.717) is 6.04 Å². The van der Waals surface area contributed by atoms with Crippen LogP contribution in [0.15, 0.2) is 18.3 Å². The standard InChI is InChI=1S/C13H19FN2O/c1-9(13-7-2-10(14)8-15-13)16-11-3-5-12(17)6-4-11/h2,7-9,11-12,16-17H,3-6H2,1H3. The molecule has 0 aromatic carbocycles. The Hall–Kier alpha value is -1.00. The molecule has 4 heteroatoms. The Morgan fingerprint density at radius 2 is 2.06 bits per heavy atom. The van der Waals surface area contributed by atoms with E-state index >= 15 is 0 Å². The summed E-state index contributed by atoms with van der Waals surface area (Å²) < 4.78 is 12.7. The molecule has 3 nitrogen and oxygen atoms in total. The Labute approximate surface area is 101 Å². The van der Waals surface area contributed by atoms with Gasteiger partial charge in [0.15, 0.2) is 0 Å². The molecule has 1 fully saturated rings. The van der Waals surface area contributed by atoms with E-state index in [0.717, 1.165) is 31.4 Å². The van der Waals surface area contributed by atoms with Crippen molar-refractivity contribution in [3.8, 4) is 0 Å². The van der Waals surface area contributed by atoms with Crippen molar-refractivity contribution in [2.24, 2.45) is 0 Å². The number of hydrogen-bond acceptors (Lipinski definition) is 3. The summed E-state index contributed by atoms with van der Waals surface area (Å²) in [6, 6.07) is 3.70. The first-order valence-corrected chi connectivity index (χ1v) is 6.20. The molecule has 94 valence electrons. The fourth-order valence-electron chi connectivity index (χ4n) is 2.32.